The second-order valence-corrected chi connectivity index (χ2v) is 4.80. The van der Waals surface area contributed by atoms with E-state index in [2.05, 4.69) is 41.9 Å². The maximum atomic E-state index is 4.71. The van der Waals surface area contributed by atoms with Crippen LogP contribution in [0.5, 0.6) is 0 Å². The van der Waals surface area contributed by atoms with Gasteiger partial charge in [0.2, 0.25) is 0 Å². The molecule has 0 bridgehead atoms. The van der Waals surface area contributed by atoms with Crippen LogP contribution in [0.25, 0.3) is 5.65 Å². The molecule has 1 unspecified atom stereocenters. The Morgan fingerprint density at radius 1 is 1.44 bits per heavy atom. The second kappa shape index (κ2) is 3.59. The lowest BCUT2D eigenvalue weighted by Crippen LogP contribution is -2.33. The SMILES string of the molecule is CC(C)C1NCCc2nc3ccccn3c21. The molecule has 3 heteroatoms. The van der Waals surface area contributed by atoms with Crippen molar-refractivity contribution in [2.24, 2.45) is 5.92 Å². The van der Waals surface area contributed by atoms with Crippen molar-refractivity contribution in [1.29, 1.82) is 0 Å². The van der Waals surface area contributed by atoms with Crippen molar-refractivity contribution in [1.82, 2.24) is 14.7 Å². The van der Waals surface area contributed by atoms with E-state index < -0.39 is 0 Å². The number of nitrogens with zero attached hydrogens (tertiary/aromatic N) is 2. The number of imidazole rings is 1. The van der Waals surface area contributed by atoms with Gasteiger partial charge in [-0.25, -0.2) is 4.98 Å². The van der Waals surface area contributed by atoms with Crippen LogP contribution in [0.1, 0.15) is 31.3 Å². The molecule has 0 saturated carbocycles. The summed E-state index contributed by atoms with van der Waals surface area (Å²) in [5.41, 5.74) is 3.70. The van der Waals surface area contributed by atoms with Gasteiger partial charge in [0, 0.05) is 19.2 Å². The first-order chi connectivity index (χ1) is 7.77. The Hall–Kier alpha value is -1.35. The molecule has 2 aromatic heterocycles. The average Bonchev–Trinajstić information content (AvgIpc) is 2.66. The minimum Gasteiger partial charge on any atom is -0.308 e. The predicted octanol–water partition coefficient (Wildman–Crippen LogP) is 2.18. The van der Waals surface area contributed by atoms with Gasteiger partial charge in [0.25, 0.3) is 0 Å². The van der Waals surface area contributed by atoms with Gasteiger partial charge in [-0.05, 0) is 18.1 Å². The molecule has 2 aromatic rings. The van der Waals surface area contributed by atoms with E-state index >= 15 is 0 Å². The number of rotatable bonds is 1. The number of nitrogens with one attached hydrogen (secondary N) is 1. The second-order valence-electron chi connectivity index (χ2n) is 4.80. The summed E-state index contributed by atoms with van der Waals surface area (Å²) >= 11 is 0. The average molecular weight is 215 g/mol. The third kappa shape index (κ3) is 1.35. The van der Waals surface area contributed by atoms with E-state index in [4.69, 9.17) is 4.98 Å². The van der Waals surface area contributed by atoms with Gasteiger partial charge in [-0.3, -0.25) is 0 Å². The standard InChI is InChI=1S/C13H17N3/c1-9(2)12-13-10(6-7-14-12)15-11-5-3-4-8-16(11)13/h3-5,8-9,12,14H,6-7H2,1-2H3. The van der Waals surface area contributed by atoms with Crippen LogP contribution < -0.4 is 5.32 Å². The Morgan fingerprint density at radius 2 is 2.31 bits per heavy atom. The molecule has 0 aromatic carbocycles. The molecule has 0 fully saturated rings. The van der Waals surface area contributed by atoms with Gasteiger partial charge in [0.1, 0.15) is 5.65 Å². The molecule has 0 saturated heterocycles. The molecule has 0 spiro atoms. The lowest BCUT2D eigenvalue weighted by atomic mass is 9.95. The van der Waals surface area contributed by atoms with Gasteiger partial charge in [0.05, 0.1) is 17.4 Å². The highest BCUT2D eigenvalue weighted by atomic mass is 15.1. The Labute approximate surface area is 95.5 Å². The molecule has 3 heterocycles. The van der Waals surface area contributed by atoms with Crippen molar-refractivity contribution in [2.75, 3.05) is 6.54 Å². The lowest BCUT2D eigenvalue weighted by molar-refractivity contribution is 0.383. The van der Waals surface area contributed by atoms with Crippen molar-refractivity contribution < 1.29 is 0 Å². The van der Waals surface area contributed by atoms with Gasteiger partial charge in [0.15, 0.2) is 0 Å². The molecule has 1 atom stereocenters. The topological polar surface area (TPSA) is 29.3 Å². The van der Waals surface area contributed by atoms with Crippen molar-refractivity contribution in [3.8, 4) is 0 Å². The van der Waals surface area contributed by atoms with Gasteiger partial charge in [-0.1, -0.05) is 19.9 Å². The zero-order valence-corrected chi connectivity index (χ0v) is 9.77. The van der Waals surface area contributed by atoms with Gasteiger partial charge >= 0.3 is 0 Å². The van der Waals surface area contributed by atoms with Crippen molar-refractivity contribution in [3.63, 3.8) is 0 Å². The molecule has 0 amide bonds. The highest BCUT2D eigenvalue weighted by Crippen LogP contribution is 2.29. The predicted molar refractivity (Wildman–Crippen MR) is 64.5 cm³/mol. The molecule has 3 rings (SSSR count). The normalized spacial score (nSPS) is 20.3. The van der Waals surface area contributed by atoms with Crippen LogP contribution in [0.4, 0.5) is 0 Å². The fourth-order valence-corrected chi connectivity index (χ4v) is 2.57. The lowest BCUT2D eigenvalue weighted by Gasteiger charge is -2.27. The van der Waals surface area contributed by atoms with Gasteiger partial charge in [-0.15, -0.1) is 0 Å². The molecular formula is C13H17N3. The number of fused-ring (bicyclic) bond motifs is 3. The molecule has 84 valence electrons. The minimum absolute atomic E-state index is 0.432. The van der Waals surface area contributed by atoms with Gasteiger partial charge in [-0.2, -0.15) is 0 Å². The molecule has 1 aliphatic rings. The van der Waals surface area contributed by atoms with Crippen LogP contribution >= 0.6 is 0 Å². The van der Waals surface area contributed by atoms with Crippen LogP contribution in [0.15, 0.2) is 24.4 Å². The number of aromatic nitrogens is 2. The maximum Gasteiger partial charge on any atom is 0.137 e. The van der Waals surface area contributed by atoms with E-state index in [1.165, 1.54) is 11.4 Å². The Kier molecular flexibility index (Phi) is 2.21. The molecular weight excluding hydrogens is 198 g/mol. The van der Waals surface area contributed by atoms with Crippen LogP contribution in [-0.4, -0.2) is 15.9 Å². The minimum atomic E-state index is 0.432. The molecule has 0 radical (unpaired) electrons. The van der Waals surface area contributed by atoms with Crippen molar-refractivity contribution in [3.05, 3.63) is 35.8 Å². The number of hydrogen-bond acceptors (Lipinski definition) is 2. The summed E-state index contributed by atoms with van der Waals surface area (Å²) < 4.78 is 2.23. The largest absolute Gasteiger partial charge is 0.308 e. The summed E-state index contributed by atoms with van der Waals surface area (Å²) in [6.45, 7) is 5.56. The van der Waals surface area contributed by atoms with Crippen LogP contribution in [0.2, 0.25) is 0 Å². The zero-order valence-electron chi connectivity index (χ0n) is 9.77. The summed E-state index contributed by atoms with van der Waals surface area (Å²) in [6.07, 6.45) is 3.16. The van der Waals surface area contributed by atoms with Gasteiger partial charge < -0.3 is 9.72 Å². The van der Waals surface area contributed by atoms with Crippen molar-refractivity contribution >= 4 is 5.65 Å². The Balaban J connectivity index is 2.24. The molecule has 1 aliphatic heterocycles. The third-order valence-electron chi connectivity index (χ3n) is 3.33. The van der Waals surface area contributed by atoms with Crippen LogP contribution in [-0.2, 0) is 6.42 Å². The summed E-state index contributed by atoms with van der Waals surface area (Å²) in [5, 5.41) is 3.59. The van der Waals surface area contributed by atoms with E-state index in [0.29, 0.717) is 12.0 Å². The molecule has 16 heavy (non-hydrogen) atoms. The summed E-state index contributed by atoms with van der Waals surface area (Å²) in [4.78, 5) is 4.71. The van der Waals surface area contributed by atoms with E-state index in [9.17, 15) is 0 Å². The van der Waals surface area contributed by atoms with Crippen LogP contribution in [0, 0.1) is 5.92 Å². The fraction of sp³-hybridized carbons (Fsp3) is 0.462. The van der Waals surface area contributed by atoms with E-state index in [1.54, 1.807) is 0 Å². The Bertz CT molecular complexity index is 513. The quantitative estimate of drug-likeness (QED) is 0.790. The first kappa shape index (κ1) is 9.85. The molecule has 0 aliphatic carbocycles. The van der Waals surface area contributed by atoms with E-state index in [0.717, 1.165) is 18.6 Å². The molecule has 3 nitrogen and oxygen atoms in total. The number of hydrogen-bond donors (Lipinski definition) is 1. The summed E-state index contributed by atoms with van der Waals surface area (Å²) in [6, 6.07) is 6.63. The molecule has 1 N–H and O–H groups in total. The monoisotopic (exact) mass is 215 g/mol. The Morgan fingerprint density at radius 3 is 3.12 bits per heavy atom. The number of pyridine rings is 1. The maximum absolute atomic E-state index is 4.71. The van der Waals surface area contributed by atoms with Crippen LogP contribution in [0.3, 0.4) is 0 Å². The summed E-state index contributed by atoms with van der Waals surface area (Å²) in [7, 11) is 0. The first-order valence-corrected chi connectivity index (χ1v) is 5.96. The highest BCUT2D eigenvalue weighted by molar-refractivity contribution is 5.44. The van der Waals surface area contributed by atoms with E-state index in [-0.39, 0.29) is 0 Å². The van der Waals surface area contributed by atoms with E-state index in [1.807, 2.05) is 6.07 Å². The smallest absolute Gasteiger partial charge is 0.137 e. The third-order valence-corrected chi connectivity index (χ3v) is 3.33. The highest BCUT2D eigenvalue weighted by Gasteiger charge is 2.26. The fourth-order valence-electron chi connectivity index (χ4n) is 2.57. The van der Waals surface area contributed by atoms with Crippen molar-refractivity contribution in [2.45, 2.75) is 26.3 Å². The summed E-state index contributed by atoms with van der Waals surface area (Å²) in [5.74, 6) is 0.596. The first-order valence-electron chi connectivity index (χ1n) is 5.96. The zero-order chi connectivity index (χ0) is 11.1.